The molecule has 34 heavy (non-hydrogen) atoms. The van der Waals surface area contributed by atoms with Gasteiger partial charge in [0.15, 0.2) is 0 Å². The number of hydrogen-bond acceptors (Lipinski definition) is 4. The Bertz CT molecular complexity index is 1170. The molecule has 1 N–H and O–H groups in total. The molecule has 1 atom stereocenters. The lowest BCUT2D eigenvalue weighted by atomic mass is 10.1. The summed E-state index contributed by atoms with van der Waals surface area (Å²) in [5.74, 6) is 0.879. The Morgan fingerprint density at radius 3 is 2.50 bits per heavy atom. The van der Waals surface area contributed by atoms with Crippen molar-refractivity contribution in [2.75, 3.05) is 20.1 Å². The van der Waals surface area contributed by atoms with Crippen LogP contribution in [0.1, 0.15) is 65.5 Å². The van der Waals surface area contributed by atoms with Gasteiger partial charge in [-0.1, -0.05) is 53.2 Å². The second-order valence-corrected chi connectivity index (χ2v) is 9.67. The van der Waals surface area contributed by atoms with Crippen LogP contribution < -0.4 is 10.9 Å². The molecular formula is C27H31BrN4O2. The molecule has 0 radical (unpaired) electrons. The number of benzene rings is 2. The first-order chi connectivity index (χ1) is 16.5. The molecule has 1 heterocycles. The van der Waals surface area contributed by atoms with Crippen LogP contribution in [0.3, 0.4) is 0 Å². The Hall–Kier alpha value is -2.77. The Morgan fingerprint density at radius 1 is 1.18 bits per heavy atom. The molecule has 1 aliphatic carbocycles. The summed E-state index contributed by atoms with van der Waals surface area (Å²) in [7, 11) is 1.87. The molecule has 1 aromatic heterocycles. The highest BCUT2D eigenvalue weighted by atomic mass is 79.9. The Balaban J connectivity index is 1.77. The summed E-state index contributed by atoms with van der Waals surface area (Å²) in [6.45, 7) is 3.63. The van der Waals surface area contributed by atoms with E-state index in [0.29, 0.717) is 43.4 Å². The van der Waals surface area contributed by atoms with Crippen LogP contribution in [0, 0.1) is 0 Å². The lowest BCUT2D eigenvalue weighted by Crippen LogP contribution is -2.42. The van der Waals surface area contributed by atoms with Crippen molar-refractivity contribution in [2.45, 2.75) is 44.7 Å². The van der Waals surface area contributed by atoms with E-state index in [4.69, 9.17) is 4.98 Å². The molecule has 3 aromatic rings. The van der Waals surface area contributed by atoms with Gasteiger partial charge in [-0.3, -0.25) is 14.2 Å². The molecule has 0 bridgehead atoms. The molecule has 178 valence electrons. The largest absolute Gasteiger partial charge is 0.327 e. The van der Waals surface area contributed by atoms with Crippen LogP contribution in [-0.4, -0.2) is 40.5 Å². The molecule has 1 fully saturated rings. The topological polar surface area (TPSA) is 67.2 Å². The number of nitrogens with one attached hydrogen (secondary N) is 1. The number of nitrogens with zero attached hydrogens (tertiary/aromatic N) is 3. The molecule has 1 amide bonds. The Kier molecular flexibility index (Phi) is 7.95. The van der Waals surface area contributed by atoms with Crippen LogP contribution in [0.2, 0.25) is 0 Å². The minimum Gasteiger partial charge on any atom is -0.327 e. The summed E-state index contributed by atoms with van der Waals surface area (Å²) in [4.78, 5) is 33.9. The molecular weight excluding hydrogens is 492 g/mol. The van der Waals surface area contributed by atoms with Crippen molar-refractivity contribution in [3.63, 3.8) is 0 Å². The fraction of sp³-hybridized carbons (Fsp3) is 0.370. The van der Waals surface area contributed by atoms with Crippen LogP contribution >= 0.6 is 15.9 Å². The number of likely N-dealkylation sites (N-methyl/N-ethyl adjacent to an activating group) is 1. The quantitative estimate of drug-likeness (QED) is 0.417. The van der Waals surface area contributed by atoms with E-state index in [-0.39, 0.29) is 17.5 Å². The number of halogens is 1. The van der Waals surface area contributed by atoms with Crippen molar-refractivity contribution >= 4 is 21.8 Å². The van der Waals surface area contributed by atoms with Gasteiger partial charge in [-0.2, -0.15) is 0 Å². The highest BCUT2D eigenvalue weighted by molar-refractivity contribution is 9.10. The lowest BCUT2D eigenvalue weighted by Gasteiger charge is -2.32. The van der Waals surface area contributed by atoms with E-state index in [9.17, 15) is 9.59 Å². The molecule has 7 heteroatoms. The third-order valence-corrected chi connectivity index (χ3v) is 6.85. The van der Waals surface area contributed by atoms with Crippen molar-refractivity contribution in [3.05, 3.63) is 98.1 Å². The van der Waals surface area contributed by atoms with E-state index >= 15 is 0 Å². The van der Waals surface area contributed by atoms with Crippen molar-refractivity contribution < 1.29 is 4.79 Å². The first-order valence-corrected chi connectivity index (χ1v) is 12.7. The second-order valence-electron chi connectivity index (χ2n) is 8.76. The van der Waals surface area contributed by atoms with Crippen LogP contribution in [0.25, 0.3) is 0 Å². The maximum absolute atomic E-state index is 13.6. The lowest BCUT2D eigenvalue weighted by molar-refractivity contribution is 0.0659. The van der Waals surface area contributed by atoms with Gasteiger partial charge in [-0.15, -0.1) is 0 Å². The van der Waals surface area contributed by atoms with E-state index < -0.39 is 0 Å². The molecule has 2 aromatic carbocycles. The van der Waals surface area contributed by atoms with E-state index in [1.807, 2.05) is 73.5 Å². The van der Waals surface area contributed by atoms with Crippen molar-refractivity contribution in [3.8, 4) is 0 Å². The van der Waals surface area contributed by atoms with Crippen LogP contribution in [0.4, 0.5) is 0 Å². The number of rotatable bonds is 10. The van der Waals surface area contributed by atoms with Gasteiger partial charge in [0.2, 0.25) is 0 Å². The van der Waals surface area contributed by atoms with Crippen LogP contribution in [0.5, 0.6) is 0 Å². The van der Waals surface area contributed by atoms with Gasteiger partial charge in [-0.25, -0.2) is 4.98 Å². The van der Waals surface area contributed by atoms with Gasteiger partial charge in [0.1, 0.15) is 5.82 Å². The van der Waals surface area contributed by atoms with Gasteiger partial charge in [0, 0.05) is 34.9 Å². The summed E-state index contributed by atoms with van der Waals surface area (Å²) >= 11 is 3.44. The summed E-state index contributed by atoms with van der Waals surface area (Å²) < 4.78 is 2.71. The minimum absolute atomic E-state index is 0.0134. The number of hydrogen-bond donors (Lipinski definition) is 1. The molecule has 1 aliphatic rings. The molecule has 4 rings (SSSR count). The van der Waals surface area contributed by atoms with E-state index in [2.05, 4.69) is 21.2 Å². The minimum atomic E-state index is -0.325. The first kappa shape index (κ1) is 24.4. The molecule has 0 saturated heterocycles. The third kappa shape index (κ3) is 5.47. The zero-order valence-corrected chi connectivity index (χ0v) is 21.3. The maximum Gasteiger partial charge on any atom is 0.257 e. The van der Waals surface area contributed by atoms with E-state index in [1.165, 1.54) is 0 Å². The van der Waals surface area contributed by atoms with E-state index in [1.54, 1.807) is 10.8 Å². The van der Waals surface area contributed by atoms with Crippen molar-refractivity contribution in [1.82, 2.24) is 19.8 Å². The number of amides is 1. The Labute approximate surface area is 209 Å². The number of carbonyl (C=O) groups excluding carboxylic acids is 1. The zero-order chi connectivity index (χ0) is 24.1. The van der Waals surface area contributed by atoms with Gasteiger partial charge in [0.25, 0.3) is 11.5 Å². The third-order valence-electron chi connectivity index (χ3n) is 6.32. The van der Waals surface area contributed by atoms with Gasteiger partial charge in [0.05, 0.1) is 12.6 Å². The average molecular weight is 523 g/mol. The molecule has 1 unspecified atom stereocenters. The predicted molar refractivity (Wildman–Crippen MR) is 138 cm³/mol. The van der Waals surface area contributed by atoms with Gasteiger partial charge in [-0.05, 0) is 62.1 Å². The number of aromatic nitrogens is 2. The maximum atomic E-state index is 13.6. The summed E-state index contributed by atoms with van der Waals surface area (Å²) in [5, 5.41) is 3.15. The van der Waals surface area contributed by atoms with Gasteiger partial charge >= 0.3 is 0 Å². The average Bonchev–Trinajstić information content (AvgIpc) is 3.69. The number of carbonyl (C=O) groups is 1. The highest BCUT2D eigenvalue weighted by Gasteiger charge is 2.32. The zero-order valence-electron chi connectivity index (χ0n) is 19.7. The molecule has 6 nitrogen and oxygen atoms in total. The monoisotopic (exact) mass is 522 g/mol. The first-order valence-electron chi connectivity index (χ1n) is 11.9. The SMILES string of the molecule is CCC(c1ncc(C2CC2)c(=O)n1Cc1ccccc1)N(CCNC)C(=O)c1ccc(Br)cc1. The highest BCUT2D eigenvalue weighted by Crippen LogP contribution is 2.38. The van der Waals surface area contributed by atoms with Gasteiger partial charge < -0.3 is 10.2 Å². The summed E-state index contributed by atoms with van der Waals surface area (Å²) in [5.41, 5.74) is 2.45. The standard InChI is InChI=1S/C27H31BrN4O2/c1-3-24(31(16-15-29-2)26(33)21-11-13-22(28)14-12-21)25-30-17-23(20-9-10-20)27(34)32(25)18-19-7-5-4-6-8-19/h4-8,11-14,17,20,24,29H,3,9-10,15-16,18H2,1-2H3. The van der Waals surface area contributed by atoms with Crippen LogP contribution in [0.15, 0.2) is 70.1 Å². The smallest absolute Gasteiger partial charge is 0.257 e. The second kappa shape index (κ2) is 11.1. The molecule has 0 spiro atoms. The predicted octanol–water partition coefficient (Wildman–Crippen LogP) is 4.74. The fourth-order valence-corrected chi connectivity index (χ4v) is 4.58. The van der Waals surface area contributed by atoms with Crippen LogP contribution in [-0.2, 0) is 6.54 Å². The molecule has 1 saturated carbocycles. The summed E-state index contributed by atoms with van der Waals surface area (Å²) in [6, 6.07) is 17.0. The normalized spacial score (nSPS) is 14.1. The Morgan fingerprint density at radius 2 is 1.88 bits per heavy atom. The summed E-state index contributed by atoms with van der Waals surface area (Å²) in [6.07, 6.45) is 4.47. The van der Waals surface area contributed by atoms with E-state index in [0.717, 1.165) is 28.4 Å². The van der Waals surface area contributed by atoms with Crippen molar-refractivity contribution in [2.24, 2.45) is 0 Å². The fourth-order valence-electron chi connectivity index (χ4n) is 4.31. The molecule has 0 aliphatic heterocycles. The van der Waals surface area contributed by atoms with Crippen molar-refractivity contribution in [1.29, 1.82) is 0 Å².